The van der Waals surface area contributed by atoms with E-state index >= 15 is 0 Å². The van der Waals surface area contributed by atoms with Crippen LogP contribution in [0.15, 0.2) is 46.6 Å². The van der Waals surface area contributed by atoms with Crippen LogP contribution in [0, 0.1) is 6.92 Å². The summed E-state index contributed by atoms with van der Waals surface area (Å²) in [7, 11) is 1.58. The van der Waals surface area contributed by atoms with Gasteiger partial charge in [-0.1, -0.05) is 23.4 Å². The topological polar surface area (TPSA) is 110 Å². The van der Waals surface area contributed by atoms with Crippen molar-refractivity contribution in [3.8, 4) is 11.5 Å². The van der Waals surface area contributed by atoms with Crippen LogP contribution >= 0.6 is 23.4 Å². The minimum Gasteiger partial charge on any atom is -0.496 e. The fraction of sp³-hybridized carbons (Fsp3) is 0.238. The van der Waals surface area contributed by atoms with Gasteiger partial charge < -0.3 is 19.9 Å². The lowest BCUT2D eigenvalue weighted by molar-refractivity contribution is -0.138. The maximum absolute atomic E-state index is 11.7. The molecular weight excluding hydrogens is 442 g/mol. The lowest BCUT2D eigenvalue weighted by Crippen LogP contribution is -2.26. The van der Waals surface area contributed by atoms with Crippen LogP contribution < -0.4 is 14.8 Å². The van der Waals surface area contributed by atoms with Crippen molar-refractivity contribution in [1.29, 1.82) is 0 Å². The highest BCUT2D eigenvalue weighted by Crippen LogP contribution is 2.25. The van der Waals surface area contributed by atoms with Gasteiger partial charge in [-0.15, -0.1) is 5.10 Å². The Balaban J connectivity index is 1.67. The number of amides is 1. The number of hydrogen-bond donors (Lipinski definition) is 2. The molecule has 0 radical (unpaired) electrons. The van der Waals surface area contributed by atoms with Crippen LogP contribution in [0.25, 0.3) is 0 Å². The van der Waals surface area contributed by atoms with Gasteiger partial charge in [0.1, 0.15) is 23.4 Å². The largest absolute Gasteiger partial charge is 0.496 e. The third-order valence-electron chi connectivity index (χ3n) is 4.32. The maximum Gasteiger partial charge on any atom is 0.305 e. The van der Waals surface area contributed by atoms with Crippen molar-refractivity contribution in [2.24, 2.45) is 10.2 Å². The maximum atomic E-state index is 11.7. The molecule has 1 fully saturated rings. The van der Waals surface area contributed by atoms with Crippen LogP contribution in [0.5, 0.6) is 11.5 Å². The molecule has 1 aliphatic rings. The standard InChI is InChI=1S/C21H20ClN3O5S/c1-12-7-15(4-5-16(12)22)30-11-14-8-13(3-6-17(14)29-2)10-23-25-21-24-20(28)18(31-21)9-19(26)27/h3-8,10,18H,9,11H2,1-2H3,(H,26,27)(H,24,25,28). The highest BCUT2D eigenvalue weighted by molar-refractivity contribution is 8.15. The number of rotatable bonds is 8. The van der Waals surface area contributed by atoms with Gasteiger partial charge in [0, 0.05) is 10.6 Å². The van der Waals surface area contributed by atoms with Crippen molar-refractivity contribution in [2.75, 3.05) is 7.11 Å². The summed E-state index contributed by atoms with van der Waals surface area (Å²) in [6.45, 7) is 2.19. The molecule has 2 N–H and O–H groups in total. The van der Waals surface area contributed by atoms with E-state index in [2.05, 4.69) is 15.5 Å². The Morgan fingerprint density at radius 1 is 1.32 bits per heavy atom. The van der Waals surface area contributed by atoms with Gasteiger partial charge in [0.05, 0.1) is 19.7 Å². The summed E-state index contributed by atoms with van der Waals surface area (Å²) >= 11 is 7.09. The monoisotopic (exact) mass is 461 g/mol. The molecule has 1 aliphatic heterocycles. The smallest absolute Gasteiger partial charge is 0.305 e. The molecule has 0 aromatic heterocycles. The van der Waals surface area contributed by atoms with Gasteiger partial charge in [-0.3, -0.25) is 9.59 Å². The first-order chi connectivity index (χ1) is 14.9. The molecule has 1 amide bonds. The van der Waals surface area contributed by atoms with Gasteiger partial charge in [-0.05, 0) is 54.4 Å². The second-order valence-electron chi connectivity index (χ2n) is 6.61. The normalized spacial score (nSPS) is 17.2. The molecule has 0 bridgehead atoms. The van der Waals surface area contributed by atoms with E-state index in [0.717, 1.165) is 28.5 Å². The van der Waals surface area contributed by atoms with Gasteiger partial charge in [-0.25, -0.2) is 0 Å². The van der Waals surface area contributed by atoms with Crippen molar-refractivity contribution in [3.63, 3.8) is 0 Å². The molecule has 2 aromatic rings. The van der Waals surface area contributed by atoms with Crippen molar-refractivity contribution in [1.82, 2.24) is 5.32 Å². The van der Waals surface area contributed by atoms with Gasteiger partial charge in [0.15, 0.2) is 5.17 Å². The first-order valence-electron chi connectivity index (χ1n) is 9.22. The molecule has 0 spiro atoms. The van der Waals surface area contributed by atoms with Crippen LogP contribution in [0.2, 0.25) is 5.02 Å². The van der Waals surface area contributed by atoms with Crippen LogP contribution in [-0.2, 0) is 16.2 Å². The molecule has 3 rings (SSSR count). The summed E-state index contributed by atoms with van der Waals surface area (Å²) < 4.78 is 11.3. The van der Waals surface area contributed by atoms with Gasteiger partial charge in [-0.2, -0.15) is 5.10 Å². The van der Waals surface area contributed by atoms with Gasteiger partial charge in [0.25, 0.3) is 0 Å². The Kier molecular flexibility index (Phi) is 7.54. The molecule has 0 aliphatic carbocycles. The number of carbonyl (C=O) groups excluding carboxylic acids is 1. The molecule has 0 saturated carbocycles. The Bertz CT molecular complexity index is 1060. The minimum atomic E-state index is -1.04. The SMILES string of the molecule is COc1ccc(C=NN=C2NC(=O)C(CC(=O)O)S2)cc1COc1ccc(Cl)c(C)c1. The summed E-state index contributed by atoms with van der Waals surface area (Å²) in [5.74, 6) is -0.0644. The Morgan fingerprint density at radius 2 is 2.13 bits per heavy atom. The summed E-state index contributed by atoms with van der Waals surface area (Å²) in [4.78, 5) is 22.5. The predicted molar refractivity (Wildman–Crippen MR) is 120 cm³/mol. The highest BCUT2D eigenvalue weighted by atomic mass is 35.5. The third kappa shape index (κ3) is 6.22. The van der Waals surface area contributed by atoms with E-state index in [0.29, 0.717) is 16.5 Å². The number of aryl methyl sites for hydroxylation is 1. The van der Waals surface area contributed by atoms with Crippen LogP contribution in [0.4, 0.5) is 0 Å². The average Bonchev–Trinajstić information content (AvgIpc) is 3.07. The number of methoxy groups -OCH3 is 1. The van der Waals surface area contributed by atoms with Gasteiger partial charge >= 0.3 is 5.97 Å². The van der Waals surface area contributed by atoms with E-state index in [1.807, 2.05) is 25.1 Å². The number of hydrogen-bond acceptors (Lipinski definition) is 7. The molecule has 1 unspecified atom stereocenters. The zero-order valence-corrected chi connectivity index (χ0v) is 18.4. The lowest BCUT2D eigenvalue weighted by Gasteiger charge is -2.12. The number of aliphatic carboxylic acids is 1. The molecule has 1 atom stereocenters. The minimum absolute atomic E-state index is 0.266. The lowest BCUT2D eigenvalue weighted by atomic mass is 10.1. The molecular formula is C21H20ClN3O5S. The van der Waals surface area contributed by atoms with Crippen LogP contribution in [0.1, 0.15) is 23.1 Å². The molecule has 162 valence electrons. The van der Waals surface area contributed by atoms with E-state index in [1.165, 1.54) is 6.21 Å². The number of carbonyl (C=O) groups is 2. The second kappa shape index (κ2) is 10.3. The predicted octanol–water partition coefficient (Wildman–Crippen LogP) is 3.63. The van der Waals surface area contributed by atoms with Crippen molar-refractivity contribution in [2.45, 2.75) is 25.2 Å². The molecule has 31 heavy (non-hydrogen) atoms. The fourth-order valence-electron chi connectivity index (χ4n) is 2.75. The number of nitrogens with zero attached hydrogens (tertiary/aromatic N) is 2. The quantitative estimate of drug-likeness (QED) is 0.459. The summed E-state index contributed by atoms with van der Waals surface area (Å²) in [5.41, 5.74) is 2.50. The third-order valence-corrected chi connectivity index (χ3v) is 5.82. The van der Waals surface area contributed by atoms with E-state index < -0.39 is 11.2 Å². The number of thioether (sulfide) groups is 1. The molecule has 8 nitrogen and oxygen atoms in total. The van der Waals surface area contributed by atoms with Crippen LogP contribution in [-0.4, -0.2) is 40.7 Å². The Hall–Kier alpha value is -3.04. The number of benzene rings is 2. The Morgan fingerprint density at radius 3 is 2.84 bits per heavy atom. The number of carboxylic acids is 1. The first kappa shape index (κ1) is 22.6. The number of halogens is 1. The number of nitrogens with one attached hydrogen (secondary N) is 1. The molecule has 1 saturated heterocycles. The van der Waals surface area contributed by atoms with E-state index in [1.54, 1.807) is 25.3 Å². The number of carboxylic acid groups (broad SMARTS) is 1. The summed E-state index contributed by atoms with van der Waals surface area (Å²) in [6.07, 6.45) is 1.26. The highest BCUT2D eigenvalue weighted by Gasteiger charge is 2.32. The summed E-state index contributed by atoms with van der Waals surface area (Å²) in [5, 5.41) is 19.5. The summed E-state index contributed by atoms with van der Waals surface area (Å²) in [6, 6.07) is 10.9. The van der Waals surface area contributed by atoms with Gasteiger partial charge in [0.2, 0.25) is 5.91 Å². The number of amidine groups is 1. The molecule has 1 heterocycles. The zero-order chi connectivity index (χ0) is 22.4. The zero-order valence-electron chi connectivity index (χ0n) is 16.8. The van der Waals surface area contributed by atoms with Crippen molar-refractivity contribution in [3.05, 3.63) is 58.1 Å². The number of ether oxygens (including phenoxy) is 2. The van der Waals surface area contributed by atoms with Crippen molar-refractivity contribution >= 4 is 46.6 Å². The Labute approximate surface area is 188 Å². The molecule has 2 aromatic carbocycles. The van der Waals surface area contributed by atoms with E-state index in [9.17, 15) is 9.59 Å². The second-order valence-corrected chi connectivity index (χ2v) is 8.21. The first-order valence-corrected chi connectivity index (χ1v) is 10.5. The fourth-order valence-corrected chi connectivity index (χ4v) is 3.79. The van der Waals surface area contributed by atoms with Crippen LogP contribution in [0.3, 0.4) is 0 Å². The molecule has 10 heteroatoms. The van der Waals surface area contributed by atoms with E-state index in [4.69, 9.17) is 26.2 Å². The van der Waals surface area contributed by atoms with Crippen molar-refractivity contribution < 1.29 is 24.2 Å². The van der Waals surface area contributed by atoms with E-state index in [-0.39, 0.29) is 24.1 Å². The average molecular weight is 462 g/mol.